The van der Waals surface area contributed by atoms with Gasteiger partial charge in [0.2, 0.25) is 5.91 Å². The molecule has 29 heavy (non-hydrogen) atoms. The molecule has 2 atom stereocenters. The van der Waals surface area contributed by atoms with Gasteiger partial charge in [-0.15, -0.1) is 0 Å². The zero-order valence-electron chi connectivity index (χ0n) is 17.2. The summed E-state index contributed by atoms with van der Waals surface area (Å²) in [7, 11) is 1.62. The van der Waals surface area contributed by atoms with Gasteiger partial charge in [0, 0.05) is 6.54 Å². The van der Waals surface area contributed by atoms with Crippen LogP contribution in [0, 0.1) is 0 Å². The molecule has 0 unspecified atom stereocenters. The number of hydrogen-bond donors (Lipinski definition) is 3. The van der Waals surface area contributed by atoms with Crippen LogP contribution in [-0.4, -0.2) is 48.3 Å². The third kappa shape index (κ3) is 7.16. The molecule has 0 aliphatic carbocycles. The molecule has 158 valence electrons. The number of aliphatic hydroxyl groups is 1. The smallest absolute Gasteiger partial charge is 0.240 e. The van der Waals surface area contributed by atoms with Crippen LogP contribution in [0.2, 0.25) is 0 Å². The highest BCUT2D eigenvalue weighted by Crippen LogP contribution is 2.18. The molecular weight excluding hydrogens is 366 g/mol. The summed E-state index contributed by atoms with van der Waals surface area (Å²) in [5, 5.41) is 9.93. The van der Waals surface area contributed by atoms with E-state index in [9.17, 15) is 9.90 Å². The van der Waals surface area contributed by atoms with Crippen LogP contribution >= 0.6 is 0 Å². The van der Waals surface area contributed by atoms with Crippen molar-refractivity contribution >= 4 is 5.91 Å². The Hall–Kier alpha value is -2.41. The fraction of sp³-hybridized carbons (Fsp3) is 0.435. The first-order valence-electron chi connectivity index (χ1n) is 10.1. The van der Waals surface area contributed by atoms with Gasteiger partial charge in [0.25, 0.3) is 0 Å². The third-order valence-corrected chi connectivity index (χ3v) is 5.09. The highest BCUT2D eigenvalue weighted by atomic mass is 16.5. The zero-order valence-corrected chi connectivity index (χ0v) is 17.2. The second kappa shape index (κ2) is 12.2. The van der Waals surface area contributed by atoms with E-state index in [1.807, 2.05) is 54.6 Å². The average Bonchev–Trinajstić information content (AvgIpc) is 2.77. The van der Waals surface area contributed by atoms with Crippen molar-refractivity contribution in [3.05, 3.63) is 65.7 Å². The van der Waals surface area contributed by atoms with Gasteiger partial charge in [-0.05, 0) is 55.5 Å². The van der Waals surface area contributed by atoms with Crippen molar-refractivity contribution in [1.29, 1.82) is 0 Å². The summed E-state index contributed by atoms with van der Waals surface area (Å²) in [4.78, 5) is 14.9. The standard InChI is InChI=1S/C23H33N3O3/c1-29-21-12-9-19(10-13-21)16-26(20(17-27)8-5-15-24)23(28)22(25)14-11-18-6-3-2-4-7-18/h2-4,6-7,9-10,12-13,20,22,27H,5,8,11,14-17,24-25H2,1H3/t20-,22-/m0/s1. The van der Waals surface area contributed by atoms with Crippen molar-refractivity contribution in [2.24, 2.45) is 11.5 Å². The van der Waals surface area contributed by atoms with Gasteiger partial charge in [0.05, 0.1) is 25.8 Å². The molecule has 0 heterocycles. The molecule has 0 aromatic heterocycles. The Morgan fingerprint density at radius 3 is 2.34 bits per heavy atom. The lowest BCUT2D eigenvalue weighted by molar-refractivity contribution is -0.137. The molecule has 6 heteroatoms. The van der Waals surface area contributed by atoms with Gasteiger partial charge >= 0.3 is 0 Å². The van der Waals surface area contributed by atoms with Crippen molar-refractivity contribution in [2.45, 2.75) is 44.3 Å². The van der Waals surface area contributed by atoms with Crippen LogP contribution in [0.4, 0.5) is 0 Å². The molecule has 2 rings (SSSR count). The fourth-order valence-electron chi connectivity index (χ4n) is 3.32. The molecule has 0 saturated carbocycles. The van der Waals surface area contributed by atoms with Gasteiger partial charge in [0.1, 0.15) is 5.75 Å². The molecule has 0 aliphatic rings. The minimum atomic E-state index is -0.625. The van der Waals surface area contributed by atoms with Gasteiger partial charge in [0.15, 0.2) is 0 Å². The molecule has 2 aromatic carbocycles. The van der Waals surface area contributed by atoms with Crippen LogP contribution in [0.3, 0.4) is 0 Å². The van der Waals surface area contributed by atoms with Crippen LogP contribution < -0.4 is 16.2 Å². The quantitative estimate of drug-likeness (QED) is 0.507. The first-order valence-corrected chi connectivity index (χ1v) is 10.1. The van der Waals surface area contributed by atoms with Crippen molar-refractivity contribution in [3.63, 3.8) is 0 Å². The molecule has 0 spiro atoms. The Morgan fingerprint density at radius 2 is 1.76 bits per heavy atom. The molecule has 6 nitrogen and oxygen atoms in total. The average molecular weight is 400 g/mol. The van der Waals surface area contributed by atoms with E-state index >= 15 is 0 Å². The minimum absolute atomic E-state index is 0.118. The third-order valence-electron chi connectivity index (χ3n) is 5.09. The summed E-state index contributed by atoms with van der Waals surface area (Å²) in [6.45, 7) is 0.784. The number of rotatable bonds is 12. The normalized spacial score (nSPS) is 13.0. The number of ether oxygens (including phenoxy) is 1. The monoisotopic (exact) mass is 399 g/mol. The second-order valence-corrected chi connectivity index (χ2v) is 7.21. The van der Waals surface area contributed by atoms with E-state index in [2.05, 4.69) is 0 Å². The highest BCUT2D eigenvalue weighted by molar-refractivity contribution is 5.82. The number of carbonyl (C=O) groups excluding carboxylic acids is 1. The zero-order chi connectivity index (χ0) is 21.1. The number of aliphatic hydroxyl groups excluding tert-OH is 1. The number of carbonyl (C=O) groups is 1. The fourth-order valence-corrected chi connectivity index (χ4v) is 3.32. The Morgan fingerprint density at radius 1 is 1.07 bits per heavy atom. The number of nitrogens with two attached hydrogens (primary N) is 2. The van der Waals surface area contributed by atoms with E-state index in [1.54, 1.807) is 12.0 Å². The van der Waals surface area contributed by atoms with Crippen molar-refractivity contribution in [3.8, 4) is 5.75 Å². The summed E-state index contributed by atoms with van der Waals surface area (Å²) < 4.78 is 5.20. The highest BCUT2D eigenvalue weighted by Gasteiger charge is 2.27. The summed E-state index contributed by atoms with van der Waals surface area (Å²) in [6.07, 6.45) is 2.66. The van der Waals surface area contributed by atoms with Gasteiger partial charge in [-0.1, -0.05) is 42.5 Å². The first-order chi connectivity index (χ1) is 14.1. The van der Waals surface area contributed by atoms with E-state index in [-0.39, 0.29) is 18.6 Å². The summed E-state index contributed by atoms with van der Waals surface area (Å²) in [5.74, 6) is 0.612. The molecule has 0 radical (unpaired) electrons. The largest absolute Gasteiger partial charge is 0.497 e. The molecule has 0 bridgehead atoms. The molecule has 2 aromatic rings. The van der Waals surface area contributed by atoms with Crippen LogP contribution in [0.15, 0.2) is 54.6 Å². The van der Waals surface area contributed by atoms with E-state index < -0.39 is 6.04 Å². The van der Waals surface area contributed by atoms with Gasteiger partial charge in [-0.2, -0.15) is 0 Å². The number of benzene rings is 2. The topological polar surface area (TPSA) is 102 Å². The lowest BCUT2D eigenvalue weighted by atomic mass is 10.0. The molecule has 0 saturated heterocycles. The van der Waals surface area contributed by atoms with Crippen molar-refractivity contribution < 1.29 is 14.6 Å². The molecular formula is C23H33N3O3. The lowest BCUT2D eigenvalue weighted by Gasteiger charge is -2.33. The van der Waals surface area contributed by atoms with Gasteiger partial charge < -0.3 is 26.2 Å². The maximum Gasteiger partial charge on any atom is 0.240 e. The maximum absolute atomic E-state index is 13.2. The van der Waals surface area contributed by atoms with Crippen LogP contribution in [0.25, 0.3) is 0 Å². The number of nitrogens with zero attached hydrogens (tertiary/aromatic N) is 1. The van der Waals surface area contributed by atoms with E-state index in [4.69, 9.17) is 16.2 Å². The van der Waals surface area contributed by atoms with Crippen LogP contribution in [-0.2, 0) is 17.8 Å². The molecule has 1 amide bonds. The Bertz CT molecular complexity index is 722. The Balaban J connectivity index is 2.11. The predicted octanol–water partition coefficient (Wildman–Crippen LogP) is 2.08. The maximum atomic E-state index is 13.2. The number of amides is 1. The molecule has 0 aliphatic heterocycles. The molecule has 0 fully saturated rings. The summed E-state index contributed by atoms with van der Waals surface area (Å²) in [6, 6.07) is 16.6. The second-order valence-electron chi connectivity index (χ2n) is 7.21. The number of hydrogen-bond acceptors (Lipinski definition) is 5. The van der Waals surface area contributed by atoms with E-state index in [0.29, 0.717) is 25.9 Å². The predicted molar refractivity (Wildman–Crippen MR) is 115 cm³/mol. The van der Waals surface area contributed by atoms with Crippen LogP contribution in [0.1, 0.15) is 30.4 Å². The lowest BCUT2D eigenvalue weighted by Crippen LogP contribution is -2.49. The number of aryl methyl sites for hydroxylation is 1. The van der Waals surface area contributed by atoms with E-state index in [1.165, 1.54) is 0 Å². The van der Waals surface area contributed by atoms with Gasteiger partial charge in [-0.3, -0.25) is 4.79 Å². The van der Waals surface area contributed by atoms with Crippen molar-refractivity contribution in [2.75, 3.05) is 20.3 Å². The SMILES string of the molecule is COc1ccc(CN(C(=O)[C@@H](N)CCc2ccccc2)[C@H](CO)CCCN)cc1. The summed E-state index contributed by atoms with van der Waals surface area (Å²) >= 11 is 0. The van der Waals surface area contributed by atoms with E-state index in [0.717, 1.165) is 29.7 Å². The first kappa shape index (κ1) is 22.9. The Kier molecular flexibility index (Phi) is 9.64. The minimum Gasteiger partial charge on any atom is -0.497 e. The Labute approximate surface area is 173 Å². The van der Waals surface area contributed by atoms with Gasteiger partial charge in [-0.25, -0.2) is 0 Å². The van der Waals surface area contributed by atoms with Crippen molar-refractivity contribution in [1.82, 2.24) is 4.90 Å². The molecule has 5 N–H and O–H groups in total. The number of methoxy groups -OCH3 is 1. The van der Waals surface area contributed by atoms with Crippen LogP contribution in [0.5, 0.6) is 5.75 Å². The summed E-state index contributed by atoms with van der Waals surface area (Å²) in [5.41, 5.74) is 14.0.